The van der Waals surface area contributed by atoms with Crippen molar-refractivity contribution in [1.82, 2.24) is 0 Å². The molecule has 3 heteroatoms. The van der Waals surface area contributed by atoms with Crippen LogP contribution in [0.3, 0.4) is 0 Å². The molecule has 3 unspecified atom stereocenters. The molecule has 2 aromatic rings. The third kappa shape index (κ3) is 2.84. The first-order chi connectivity index (χ1) is 9.16. The van der Waals surface area contributed by atoms with Gasteiger partial charge in [-0.25, -0.2) is 0 Å². The molecule has 0 spiro atoms. The van der Waals surface area contributed by atoms with Crippen molar-refractivity contribution in [2.75, 3.05) is 0 Å². The van der Waals surface area contributed by atoms with Gasteiger partial charge in [0.05, 0.1) is 0 Å². The summed E-state index contributed by atoms with van der Waals surface area (Å²) in [5.41, 5.74) is 2.55. The Kier molecular flexibility index (Phi) is 3.88. The minimum Gasteiger partial charge on any atom is -0.0843 e. The fraction of sp³-hybridized carbons (Fsp3) is 0.250. The van der Waals surface area contributed by atoms with Crippen LogP contribution in [0.2, 0.25) is 10.0 Å². The van der Waals surface area contributed by atoms with Gasteiger partial charge < -0.3 is 0 Å². The third-order valence-electron chi connectivity index (χ3n) is 3.70. The van der Waals surface area contributed by atoms with Gasteiger partial charge in [0.15, 0.2) is 0 Å². The molecule has 0 nitrogen and oxygen atoms in total. The quantitative estimate of drug-likeness (QED) is 0.572. The molecule has 98 valence electrons. The molecular weight excluding hydrogens is 343 g/mol. The van der Waals surface area contributed by atoms with E-state index in [0.29, 0.717) is 21.7 Å². The zero-order chi connectivity index (χ0) is 13.4. The average Bonchev–Trinajstić information content (AvgIpc) is 3.19. The van der Waals surface area contributed by atoms with Gasteiger partial charge >= 0.3 is 0 Å². The van der Waals surface area contributed by atoms with Crippen molar-refractivity contribution in [2.45, 2.75) is 17.2 Å². The van der Waals surface area contributed by atoms with Crippen LogP contribution in [0.25, 0.3) is 0 Å². The molecule has 2 aromatic carbocycles. The van der Waals surface area contributed by atoms with Crippen LogP contribution in [0.15, 0.2) is 48.5 Å². The van der Waals surface area contributed by atoms with Gasteiger partial charge in [-0.3, -0.25) is 0 Å². The van der Waals surface area contributed by atoms with Gasteiger partial charge in [-0.2, -0.15) is 0 Å². The zero-order valence-electron chi connectivity index (χ0n) is 10.2. The minimum atomic E-state index is 0.294. The lowest BCUT2D eigenvalue weighted by Gasteiger charge is -2.12. The summed E-state index contributed by atoms with van der Waals surface area (Å²) < 4.78 is 0. The van der Waals surface area contributed by atoms with Crippen molar-refractivity contribution in [3.05, 3.63) is 69.7 Å². The Labute approximate surface area is 131 Å². The first-order valence-corrected chi connectivity index (χ1v) is 7.98. The molecule has 0 radical (unpaired) electrons. The Morgan fingerprint density at radius 2 is 1.79 bits per heavy atom. The molecule has 0 heterocycles. The molecule has 1 saturated carbocycles. The van der Waals surface area contributed by atoms with Gasteiger partial charge in [-0.05, 0) is 41.5 Å². The van der Waals surface area contributed by atoms with Crippen LogP contribution in [-0.4, -0.2) is 0 Å². The van der Waals surface area contributed by atoms with E-state index in [-0.39, 0.29) is 0 Å². The van der Waals surface area contributed by atoms with Crippen molar-refractivity contribution < 1.29 is 0 Å². The highest BCUT2D eigenvalue weighted by atomic mass is 79.9. The second-order valence-electron chi connectivity index (χ2n) is 4.98. The predicted molar refractivity (Wildman–Crippen MR) is 85.4 cm³/mol. The van der Waals surface area contributed by atoms with Crippen LogP contribution in [0.4, 0.5) is 0 Å². The van der Waals surface area contributed by atoms with E-state index < -0.39 is 0 Å². The van der Waals surface area contributed by atoms with Crippen molar-refractivity contribution in [3.63, 3.8) is 0 Å². The third-order valence-corrected chi connectivity index (χ3v) is 5.44. The smallest absolute Gasteiger partial charge is 0.0464 e. The maximum Gasteiger partial charge on any atom is 0.0464 e. The molecule has 1 aliphatic rings. The zero-order valence-corrected chi connectivity index (χ0v) is 13.3. The molecule has 3 rings (SSSR count). The number of rotatable bonds is 3. The number of alkyl halides is 1. The average molecular weight is 356 g/mol. The number of hydrogen-bond acceptors (Lipinski definition) is 0. The summed E-state index contributed by atoms with van der Waals surface area (Å²) in [5, 5.41) is 1.43. The Bertz CT molecular complexity index is 583. The summed E-state index contributed by atoms with van der Waals surface area (Å²) in [6.45, 7) is 0. The van der Waals surface area contributed by atoms with E-state index >= 15 is 0 Å². The van der Waals surface area contributed by atoms with Crippen molar-refractivity contribution in [3.8, 4) is 0 Å². The summed E-state index contributed by atoms with van der Waals surface area (Å²) in [7, 11) is 0. The normalized spacial score (nSPS) is 23.1. The monoisotopic (exact) mass is 354 g/mol. The lowest BCUT2D eigenvalue weighted by atomic mass is 10.0. The Balaban J connectivity index is 1.78. The highest BCUT2D eigenvalue weighted by Crippen LogP contribution is 2.57. The standard InChI is InChI=1S/C16H13BrCl2/c17-16(12-7-6-11(18)8-15(12)19)14-9-13(14)10-4-2-1-3-5-10/h1-8,13-14,16H,9H2. The first kappa shape index (κ1) is 13.5. The van der Waals surface area contributed by atoms with Crippen LogP contribution in [0.5, 0.6) is 0 Å². The van der Waals surface area contributed by atoms with E-state index in [1.807, 2.05) is 18.2 Å². The van der Waals surface area contributed by atoms with Crippen molar-refractivity contribution >= 4 is 39.1 Å². The molecule has 0 aliphatic heterocycles. The summed E-state index contributed by atoms with van der Waals surface area (Å²) in [4.78, 5) is 0.294. The van der Waals surface area contributed by atoms with Gasteiger partial charge in [0, 0.05) is 14.9 Å². The van der Waals surface area contributed by atoms with E-state index in [1.165, 1.54) is 12.0 Å². The molecule has 0 aromatic heterocycles. The van der Waals surface area contributed by atoms with Gasteiger partial charge in [0.1, 0.15) is 0 Å². The van der Waals surface area contributed by atoms with E-state index in [9.17, 15) is 0 Å². The summed E-state index contributed by atoms with van der Waals surface area (Å²) >= 11 is 16.0. The summed E-state index contributed by atoms with van der Waals surface area (Å²) in [6.07, 6.45) is 1.21. The first-order valence-electron chi connectivity index (χ1n) is 6.31. The van der Waals surface area contributed by atoms with Gasteiger partial charge in [0.2, 0.25) is 0 Å². The van der Waals surface area contributed by atoms with Crippen LogP contribution in [-0.2, 0) is 0 Å². The molecule has 19 heavy (non-hydrogen) atoms. The largest absolute Gasteiger partial charge is 0.0843 e. The molecule has 0 bridgehead atoms. The number of benzene rings is 2. The van der Waals surface area contributed by atoms with Crippen molar-refractivity contribution in [1.29, 1.82) is 0 Å². The maximum atomic E-state index is 6.28. The SMILES string of the molecule is Clc1ccc(C(Br)C2CC2c2ccccc2)c(Cl)c1. The van der Waals surface area contributed by atoms with Gasteiger partial charge in [0.25, 0.3) is 0 Å². The molecule has 0 amide bonds. The van der Waals surface area contributed by atoms with E-state index in [1.54, 1.807) is 0 Å². The van der Waals surface area contributed by atoms with Crippen LogP contribution < -0.4 is 0 Å². The molecule has 0 saturated heterocycles. The second-order valence-corrected chi connectivity index (χ2v) is 6.81. The summed E-state index contributed by atoms with van der Waals surface area (Å²) in [6, 6.07) is 16.4. The van der Waals surface area contributed by atoms with E-state index in [0.717, 1.165) is 10.6 Å². The molecule has 0 N–H and O–H groups in total. The topological polar surface area (TPSA) is 0 Å². The highest BCUT2D eigenvalue weighted by Gasteiger charge is 2.43. The van der Waals surface area contributed by atoms with Crippen LogP contribution >= 0.6 is 39.1 Å². The number of hydrogen-bond donors (Lipinski definition) is 0. The van der Waals surface area contributed by atoms with Gasteiger partial charge in [-0.15, -0.1) is 0 Å². The molecule has 1 aliphatic carbocycles. The summed E-state index contributed by atoms with van der Waals surface area (Å²) in [5.74, 6) is 1.25. The molecule has 1 fully saturated rings. The lowest BCUT2D eigenvalue weighted by molar-refractivity contribution is 0.787. The van der Waals surface area contributed by atoms with Crippen molar-refractivity contribution in [2.24, 2.45) is 5.92 Å². The highest BCUT2D eigenvalue weighted by molar-refractivity contribution is 9.09. The van der Waals surface area contributed by atoms with Crippen LogP contribution in [0.1, 0.15) is 28.3 Å². The fourth-order valence-corrected chi connectivity index (χ4v) is 4.22. The maximum absolute atomic E-state index is 6.28. The van der Waals surface area contributed by atoms with E-state index in [4.69, 9.17) is 23.2 Å². The minimum absolute atomic E-state index is 0.294. The predicted octanol–water partition coefficient (Wildman–Crippen LogP) is 6.23. The fourth-order valence-electron chi connectivity index (χ4n) is 2.58. The van der Waals surface area contributed by atoms with Crippen LogP contribution in [0, 0.1) is 5.92 Å². The Morgan fingerprint density at radius 3 is 2.47 bits per heavy atom. The Hall–Kier alpha value is -0.500. The lowest BCUT2D eigenvalue weighted by Crippen LogP contribution is -1.95. The van der Waals surface area contributed by atoms with E-state index in [2.05, 4.69) is 46.3 Å². The second kappa shape index (κ2) is 5.47. The van der Waals surface area contributed by atoms with Gasteiger partial charge in [-0.1, -0.05) is 75.5 Å². The Morgan fingerprint density at radius 1 is 1.05 bits per heavy atom. The molecule has 3 atom stereocenters. The number of halogens is 3. The molecular formula is C16H13BrCl2.